The lowest BCUT2D eigenvalue weighted by Gasteiger charge is -2.30. The van der Waals surface area contributed by atoms with Crippen LogP contribution in [-0.2, 0) is 4.74 Å². The second-order valence-electron chi connectivity index (χ2n) is 6.21. The second-order valence-corrected chi connectivity index (χ2v) is 6.21. The molecule has 4 rings (SSSR count). The normalized spacial score (nSPS) is 24.9. The minimum Gasteiger partial charge on any atom is -0.373 e. The molecule has 2 unspecified atom stereocenters. The standard InChI is InChI=1S/C18H21N3O/c1-2-4-13(5-3-1)16-12-15(9-11-22-16)20-17-8-10-19-18(21-17)14-6-7-14/h1-5,8,10,14-16H,6-7,9,11-12H2,(H,19,20,21). The summed E-state index contributed by atoms with van der Waals surface area (Å²) in [4.78, 5) is 9.04. The van der Waals surface area contributed by atoms with E-state index in [4.69, 9.17) is 4.74 Å². The molecule has 0 radical (unpaired) electrons. The molecule has 1 saturated carbocycles. The van der Waals surface area contributed by atoms with Gasteiger partial charge in [0.05, 0.1) is 6.10 Å². The van der Waals surface area contributed by atoms with Crippen LogP contribution in [-0.4, -0.2) is 22.6 Å². The molecule has 1 aliphatic heterocycles. The number of anilines is 1. The number of benzene rings is 1. The highest BCUT2D eigenvalue weighted by molar-refractivity contribution is 5.35. The first-order valence-electron chi connectivity index (χ1n) is 8.14. The van der Waals surface area contributed by atoms with Gasteiger partial charge >= 0.3 is 0 Å². The molecule has 4 heteroatoms. The van der Waals surface area contributed by atoms with E-state index >= 15 is 0 Å². The zero-order valence-electron chi connectivity index (χ0n) is 12.6. The number of nitrogens with zero attached hydrogens (tertiary/aromatic N) is 2. The van der Waals surface area contributed by atoms with Gasteiger partial charge in [0.25, 0.3) is 0 Å². The summed E-state index contributed by atoms with van der Waals surface area (Å²) >= 11 is 0. The summed E-state index contributed by atoms with van der Waals surface area (Å²) < 4.78 is 5.93. The number of ether oxygens (including phenoxy) is 1. The predicted octanol–water partition coefficient (Wildman–Crippen LogP) is 3.69. The summed E-state index contributed by atoms with van der Waals surface area (Å²) in [5.74, 6) is 2.54. The predicted molar refractivity (Wildman–Crippen MR) is 85.8 cm³/mol. The molecule has 1 N–H and O–H groups in total. The van der Waals surface area contributed by atoms with Gasteiger partial charge in [-0.1, -0.05) is 30.3 Å². The van der Waals surface area contributed by atoms with Gasteiger partial charge in [0.1, 0.15) is 11.6 Å². The Morgan fingerprint density at radius 1 is 1.05 bits per heavy atom. The van der Waals surface area contributed by atoms with Crippen molar-refractivity contribution in [1.29, 1.82) is 0 Å². The molecular weight excluding hydrogens is 274 g/mol. The Kier molecular flexibility index (Phi) is 3.77. The van der Waals surface area contributed by atoms with E-state index in [1.54, 1.807) is 0 Å². The first-order valence-corrected chi connectivity index (χ1v) is 8.14. The van der Waals surface area contributed by atoms with Crippen LogP contribution in [0, 0.1) is 0 Å². The van der Waals surface area contributed by atoms with Crippen LogP contribution in [0.1, 0.15) is 49.1 Å². The molecule has 2 aromatic rings. The first kappa shape index (κ1) is 13.7. The molecule has 22 heavy (non-hydrogen) atoms. The van der Waals surface area contributed by atoms with Crippen LogP contribution in [0.3, 0.4) is 0 Å². The van der Waals surface area contributed by atoms with E-state index in [-0.39, 0.29) is 6.10 Å². The van der Waals surface area contributed by atoms with E-state index in [1.165, 1.54) is 18.4 Å². The van der Waals surface area contributed by atoms with Gasteiger partial charge in [-0.2, -0.15) is 0 Å². The van der Waals surface area contributed by atoms with Crippen LogP contribution in [0.5, 0.6) is 0 Å². The van der Waals surface area contributed by atoms with E-state index in [2.05, 4.69) is 39.6 Å². The topological polar surface area (TPSA) is 47.0 Å². The number of aromatic nitrogens is 2. The highest BCUT2D eigenvalue weighted by atomic mass is 16.5. The molecule has 2 fully saturated rings. The van der Waals surface area contributed by atoms with Crippen LogP contribution in [0.25, 0.3) is 0 Å². The van der Waals surface area contributed by atoms with Gasteiger partial charge in [-0.05, 0) is 37.3 Å². The van der Waals surface area contributed by atoms with Crippen molar-refractivity contribution in [2.45, 2.75) is 43.7 Å². The molecule has 1 aromatic carbocycles. The molecule has 2 heterocycles. The quantitative estimate of drug-likeness (QED) is 0.934. The van der Waals surface area contributed by atoms with Crippen molar-refractivity contribution in [2.75, 3.05) is 11.9 Å². The third kappa shape index (κ3) is 3.12. The largest absolute Gasteiger partial charge is 0.373 e. The van der Waals surface area contributed by atoms with Crippen molar-refractivity contribution < 1.29 is 4.74 Å². The summed E-state index contributed by atoms with van der Waals surface area (Å²) in [7, 11) is 0. The highest BCUT2D eigenvalue weighted by Gasteiger charge is 2.27. The van der Waals surface area contributed by atoms with E-state index in [0.717, 1.165) is 31.1 Å². The fourth-order valence-corrected chi connectivity index (χ4v) is 3.03. The monoisotopic (exact) mass is 295 g/mol. The number of hydrogen-bond donors (Lipinski definition) is 1. The van der Waals surface area contributed by atoms with Crippen molar-refractivity contribution >= 4 is 5.82 Å². The first-order chi connectivity index (χ1) is 10.9. The maximum absolute atomic E-state index is 5.93. The zero-order valence-corrected chi connectivity index (χ0v) is 12.6. The highest BCUT2D eigenvalue weighted by Crippen LogP contribution is 2.38. The Bertz CT molecular complexity index is 627. The number of hydrogen-bond acceptors (Lipinski definition) is 4. The van der Waals surface area contributed by atoms with Crippen molar-refractivity contribution in [3.8, 4) is 0 Å². The van der Waals surface area contributed by atoms with E-state index in [0.29, 0.717) is 12.0 Å². The Morgan fingerprint density at radius 2 is 1.91 bits per heavy atom. The lowest BCUT2D eigenvalue weighted by molar-refractivity contribution is 0.00974. The molecule has 4 nitrogen and oxygen atoms in total. The number of rotatable bonds is 4. The van der Waals surface area contributed by atoms with E-state index < -0.39 is 0 Å². The molecule has 0 amide bonds. The average Bonchev–Trinajstić information content (AvgIpc) is 3.41. The third-order valence-electron chi connectivity index (χ3n) is 4.42. The minimum absolute atomic E-state index is 0.178. The molecular formula is C18H21N3O. The number of nitrogens with one attached hydrogen (secondary N) is 1. The Hall–Kier alpha value is -1.94. The van der Waals surface area contributed by atoms with Crippen LogP contribution < -0.4 is 5.32 Å². The summed E-state index contributed by atoms with van der Waals surface area (Å²) in [6.07, 6.45) is 6.51. The molecule has 1 saturated heterocycles. The molecule has 114 valence electrons. The molecule has 2 atom stereocenters. The van der Waals surface area contributed by atoms with Gasteiger partial charge in [0.2, 0.25) is 0 Å². The molecule has 2 aliphatic rings. The lowest BCUT2D eigenvalue weighted by atomic mass is 9.97. The van der Waals surface area contributed by atoms with Gasteiger partial charge < -0.3 is 10.1 Å². The van der Waals surface area contributed by atoms with Gasteiger partial charge in [-0.3, -0.25) is 0 Å². The fraction of sp³-hybridized carbons (Fsp3) is 0.444. The minimum atomic E-state index is 0.178. The molecule has 1 aliphatic carbocycles. The van der Waals surface area contributed by atoms with Crippen molar-refractivity contribution in [2.24, 2.45) is 0 Å². The van der Waals surface area contributed by atoms with Crippen molar-refractivity contribution in [1.82, 2.24) is 9.97 Å². The van der Waals surface area contributed by atoms with Gasteiger partial charge in [0, 0.05) is 24.8 Å². The van der Waals surface area contributed by atoms with Gasteiger partial charge in [-0.15, -0.1) is 0 Å². The van der Waals surface area contributed by atoms with Crippen LogP contribution in [0.15, 0.2) is 42.6 Å². The van der Waals surface area contributed by atoms with Crippen molar-refractivity contribution in [3.63, 3.8) is 0 Å². The second kappa shape index (κ2) is 6.05. The maximum atomic E-state index is 5.93. The summed E-state index contributed by atoms with van der Waals surface area (Å²) in [5, 5.41) is 3.57. The maximum Gasteiger partial charge on any atom is 0.133 e. The van der Waals surface area contributed by atoms with E-state index in [9.17, 15) is 0 Å². The van der Waals surface area contributed by atoms with Crippen LogP contribution >= 0.6 is 0 Å². The Morgan fingerprint density at radius 3 is 2.73 bits per heavy atom. The average molecular weight is 295 g/mol. The van der Waals surface area contributed by atoms with Gasteiger partial charge in [-0.25, -0.2) is 9.97 Å². The van der Waals surface area contributed by atoms with E-state index in [1.807, 2.05) is 18.3 Å². The summed E-state index contributed by atoms with van der Waals surface area (Å²) in [6.45, 7) is 0.789. The van der Waals surface area contributed by atoms with Crippen LogP contribution in [0.4, 0.5) is 5.82 Å². The zero-order chi connectivity index (χ0) is 14.8. The molecule has 0 spiro atoms. The van der Waals surface area contributed by atoms with Gasteiger partial charge in [0.15, 0.2) is 0 Å². The Balaban J connectivity index is 1.43. The SMILES string of the molecule is c1ccc(C2CC(Nc3ccnc(C4CC4)n3)CCO2)cc1. The molecule has 0 bridgehead atoms. The summed E-state index contributed by atoms with van der Waals surface area (Å²) in [6, 6.07) is 12.8. The lowest BCUT2D eigenvalue weighted by Crippen LogP contribution is -2.30. The fourth-order valence-electron chi connectivity index (χ4n) is 3.03. The third-order valence-corrected chi connectivity index (χ3v) is 4.42. The molecule has 1 aromatic heterocycles. The smallest absolute Gasteiger partial charge is 0.133 e. The van der Waals surface area contributed by atoms with Crippen LogP contribution in [0.2, 0.25) is 0 Å². The Labute approximate surface area is 130 Å². The van der Waals surface area contributed by atoms with Crippen molar-refractivity contribution in [3.05, 3.63) is 54.0 Å². The summed E-state index contributed by atoms with van der Waals surface area (Å²) in [5.41, 5.74) is 1.26.